The third-order valence-electron chi connectivity index (χ3n) is 2.26. The first-order chi connectivity index (χ1) is 8.53. The molecule has 0 aliphatic heterocycles. The molecule has 0 bridgehead atoms. The Labute approximate surface area is 103 Å². The Morgan fingerprint density at radius 1 is 1.33 bits per heavy atom. The second-order valence-corrected chi connectivity index (χ2v) is 5.18. The number of rotatable bonds is 3. The molecule has 1 aromatic carbocycles. The maximum atomic E-state index is 12.0. The van der Waals surface area contributed by atoms with Crippen molar-refractivity contribution < 1.29 is 12.9 Å². The standard InChI is InChI=1S/C10H9N4O3S/c1-7-10(6-12-17-7)14-18(15,16)9-4-2-8(13-11)3-5-9/h2-6,14H,1H3/q+1. The number of aryl methyl sites for hydroxylation is 1. The van der Waals surface area contributed by atoms with Gasteiger partial charge in [0.25, 0.3) is 10.0 Å². The highest BCUT2D eigenvalue weighted by atomic mass is 32.2. The summed E-state index contributed by atoms with van der Waals surface area (Å²) in [5, 5.41) is 12.0. The highest BCUT2D eigenvalue weighted by Gasteiger charge is 2.18. The minimum atomic E-state index is -3.70. The van der Waals surface area contributed by atoms with Crippen LogP contribution in [0, 0.1) is 12.3 Å². The molecule has 0 aliphatic carbocycles. The largest absolute Gasteiger partial charge is 0.385 e. The van der Waals surface area contributed by atoms with E-state index in [-0.39, 0.29) is 16.3 Å². The zero-order valence-corrected chi connectivity index (χ0v) is 10.2. The molecule has 2 aromatic rings. The van der Waals surface area contributed by atoms with Crippen LogP contribution in [-0.2, 0) is 10.0 Å². The summed E-state index contributed by atoms with van der Waals surface area (Å²) < 4.78 is 31.1. The topological polar surface area (TPSA) is 100 Å². The Kier molecular flexibility index (Phi) is 2.99. The van der Waals surface area contributed by atoms with Gasteiger partial charge in [-0.3, -0.25) is 4.72 Å². The summed E-state index contributed by atoms with van der Waals surface area (Å²) in [6.45, 7) is 1.60. The molecule has 0 saturated heterocycles. The van der Waals surface area contributed by atoms with E-state index in [9.17, 15) is 8.42 Å². The van der Waals surface area contributed by atoms with Gasteiger partial charge in [0, 0.05) is 12.1 Å². The van der Waals surface area contributed by atoms with E-state index in [0.717, 1.165) is 0 Å². The van der Waals surface area contributed by atoms with Gasteiger partial charge >= 0.3 is 5.69 Å². The SMILES string of the molecule is Cc1oncc1NS(=O)(=O)c1ccc([N+]#N)cc1. The van der Waals surface area contributed by atoms with Crippen molar-refractivity contribution in [1.82, 2.24) is 5.16 Å². The predicted octanol–water partition coefficient (Wildman–Crippen LogP) is 2.27. The second kappa shape index (κ2) is 4.46. The van der Waals surface area contributed by atoms with Crippen LogP contribution in [0.3, 0.4) is 0 Å². The molecule has 0 fully saturated rings. The van der Waals surface area contributed by atoms with Gasteiger partial charge in [0.1, 0.15) is 5.69 Å². The molecule has 1 heterocycles. The number of nitrogens with zero attached hydrogens (tertiary/aromatic N) is 3. The molecule has 0 saturated carbocycles. The van der Waals surface area contributed by atoms with Crippen LogP contribution in [0.15, 0.2) is 39.9 Å². The van der Waals surface area contributed by atoms with Crippen molar-refractivity contribution in [3.8, 4) is 0 Å². The van der Waals surface area contributed by atoms with E-state index in [1.165, 1.54) is 30.5 Å². The van der Waals surface area contributed by atoms with Crippen molar-refractivity contribution in [2.75, 3.05) is 4.72 Å². The van der Waals surface area contributed by atoms with Crippen molar-refractivity contribution in [2.45, 2.75) is 11.8 Å². The molecule has 0 atom stereocenters. The lowest BCUT2D eigenvalue weighted by molar-refractivity contribution is 0.398. The molecular formula is C10H9N4O3S+. The van der Waals surface area contributed by atoms with Crippen LogP contribution < -0.4 is 4.72 Å². The van der Waals surface area contributed by atoms with E-state index in [1.807, 2.05) is 0 Å². The number of aromatic nitrogens is 1. The fraction of sp³-hybridized carbons (Fsp3) is 0.100. The molecule has 18 heavy (non-hydrogen) atoms. The number of sulfonamides is 1. The van der Waals surface area contributed by atoms with Gasteiger partial charge in [0.05, 0.1) is 11.1 Å². The average molecular weight is 265 g/mol. The lowest BCUT2D eigenvalue weighted by Crippen LogP contribution is -2.12. The van der Waals surface area contributed by atoms with E-state index in [1.54, 1.807) is 6.92 Å². The minimum absolute atomic E-state index is 0.0514. The third-order valence-corrected chi connectivity index (χ3v) is 3.64. The first-order valence-corrected chi connectivity index (χ1v) is 6.40. The van der Waals surface area contributed by atoms with E-state index >= 15 is 0 Å². The summed E-state index contributed by atoms with van der Waals surface area (Å²) in [5.41, 5.74) is 0.557. The van der Waals surface area contributed by atoms with Gasteiger partial charge in [-0.25, -0.2) is 8.42 Å². The average Bonchev–Trinajstić information content (AvgIpc) is 2.74. The quantitative estimate of drug-likeness (QED) is 0.858. The lowest BCUT2D eigenvalue weighted by Gasteiger charge is -2.05. The van der Waals surface area contributed by atoms with E-state index in [4.69, 9.17) is 9.92 Å². The molecule has 8 heteroatoms. The van der Waals surface area contributed by atoms with Crippen LogP contribution in [-0.4, -0.2) is 13.6 Å². The first kappa shape index (κ1) is 12.1. The molecule has 0 aliphatic rings. The van der Waals surface area contributed by atoms with Crippen molar-refractivity contribution >= 4 is 21.4 Å². The van der Waals surface area contributed by atoms with Crippen LogP contribution in [0.4, 0.5) is 11.4 Å². The van der Waals surface area contributed by atoms with Gasteiger partial charge in [-0.1, -0.05) is 5.16 Å². The highest BCUT2D eigenvalue weighted by molar-refractivity contribution is 7.92. The third kappa shape index (κ3) is 2.31. The number of diazo groups is 1. The molecule has 0 spiro atoms. The van der Waals surface area contributed by atoms with Crippen LogP contribution >= 0.6 is 0 Å². The summed E-state index contributed by atoms with van der Waals surface area (Å²) in [7, 11) is -3.70. The number of hydrogen-bond donors (Lipinski definition) is 1. The predicted molar refractivity (Wildman–Crippen MR) is 63.2 cm³/mol. The van der Waals surface area contributed by atoms with Gasteiger partial charge in [-0.15, -0.1) is 0 Å². The molecule has 1 aromatic heterocycles. The van der Waals surface area contributed by atoms with E-state index < -0.39 is 10.0 Å². The lowest BCUT2D eigenvalue weighted by atomic mass is 10.3. The Hall–Kier alpha value is -2.40. The molecule has 0 unspecified atom stereocenters. The number of hydrogen-bond acceptors (Lipinski definition) is 5. The van der Waals surface area contributed by atoms with Gasteiger partial charge in [-0.2, -0.15) is 0 Å². The summed E-state index contributed by atoms with van der Waals surface area (Å²) in [6, 6.07) is 5.44. The minimum Gasteiger partial charge on any atom is -0.359 e. The Bertz CT molecular complexity index is 697. The highest BCUT2D eigenvalue weighted by Crippen LogP contribution is 2.21. The van der Waals surface area contributed by atoms with Crippen molar-refractivity contribution in [3.63, 3.8) is 0 Å². The molecule has 92 valence electrons. The molecule has 0 radical (unpaired) electrons. The summed E-state index contributed by atoms with van der Waals surface area (Å²) in [5.74, 6) is 0.376. The van der Waals surface area contributed by atoms with E-state index in [0.29, 0.717) is 5.76 Å². The monoisotopic (exact) mass is 265 g/mol. The van der Waals surface area contributed by atoms with Crippen molar-refractivity contribution in [3.05, 3.63) is 41.2 Å². The first-order valence-electron chi connectivity index (χ1n) is 4.92. The fourth-order valence-electron chi connectivity index (χ4n) is 1.29. The Morgan fingerprint density at radius 2 is 2.00 bits per heavy atom. The summed E-state index contributed by atoms with van der Waals surface area (Å²) in [4.78, 5) is 2.99. The van der Waals surface area contributed by atoms with Crippen LogP contribution in [0.25, 0.3) is 4.98 Å². The molecule has 7 nitrogen and oxygen atoms in total. The zero-order chi connectivity index (χ0) is 13.2. The normalized spacial score (nSPS) is 10.9. The van der Waals surface area contributed by atoms with E-state index in [2.05, 4.69) is 14.9 Å². The van der Waals surface area contributed by atoms with Gasteiger partial charge in [0.15, 0.2) is 10.7 Å². The van der Waals surface area contributed by atoms with Gasteiger partial charge in [-0.05, 0) is 19.1 Å². The van der Waals surface area contributed by atoms with Crippen LogP contribution in [0.2, 0.25) is 0 Å². The Balaban J connectivity index is 2.31. The smallest absolute Gasteiger partial charge is 0.359 e. The molecule has 1 N–H and O–H groups in total. The number of benzene rings is 1. The molecular weight excluding hydrogens is 256 g/mol. The zero-order valence-electron chi connectivity index (χ0n) is 9.36. The fourth-order valence-corrected chi connectivity index (χ4v) is 2.39. The maximum absolute atomic E-state index is 12.0. The number of nitrogens with one attached hydrogen (secondary N) is 1. The summed E-state index contributed by atoms with van der Waals surface area (Å²) in [6.07, 6.45) is 1.28. The van der Waals surface area contributed by atoms with Crippen LogP contribution in [0.1, 0.15) is 5.76 Å². The number of anilines is 1. The molecule has 0 amide bonds. The van der Waals surface area contributed by atoms with Crippen LogP contribution in [0.5, 0.6) is 0 Å². The maximum Gasteiger partial charge on any atom is 0.385 e. The second-order valence-electron chi connectivity index (χ2n) is 3.50. The van der Waals surface area contributed by atoms with Crippen molar-refractivity contribution in [1.29, 1.82) is 5.39 Å². The van der Waals surface area contributed by atoms with Gasteiger partial charge in [0.2, 0.25) is 5.39 Å². The van der Waals surface area contributed by atoms with Crippen molar-refractivity contribution in [2.24, 2.45) is 0 Å². The summed E-state index contributed by atoms with van der Waals surface area (Å²) >= 11 is 0. The molecule has 2 rings (SSSR count). The van der Waals surface area contributed by atoms with Gasteiger partial charge < -0.3 is 4.52 Å². The Morgan fingerprint density at radius 3 is 2.50 bits per heavy atom.